The van der Waals surface area contributed by atoms with Crippen molar-refractivity contribution in [1.29, 1.82) is 0 Å². The molecule has 3 heteroatoms. The SMILES string of the molecule is CCCCCCCCCCCCCCCCCCC(C=O)C(=O)NC. The van der Waals surface area contributed by atoms with Gasteiger partial charge in [-0.15, -0.1) is 0 Å². The molecule has 0 heterocycles. The highest BCUT2D eigenvalue weighted by atomic mass is 16.2. The number of nitrogens with one attached hydrogen (secondary N) is 1. The summed E-state index contributed by atoms with van der Waals surface area (Å²) in [5.74, 6) is -0.590. The molecule has 25 heavy (non-hydrogen) atoms. The van der Waals surface area contributed by atoms with Crippen LogP contribution in [0.1, 0.15) is 116 Å². The fourth-order valence-corrected chi connectivity index (χ4v) is 3.36. The fraction of sp³-hybridized carbons (Fsp3) is 0.909. The largest absolute Gasteiger partial charge is 0.359 e. The van der Waals surface area contributed by atoms with Crippen molar-refractivity contribution in [2.75, 3.05) is 7.05 Å². The molecule has 0 bridgehead atoms. The monoisotopic (exact) mass is 353 g/mol. The number of hydrogen-bond donors (Lipinski definition) is 1. The second kappa shape index (κ2) is 19.5. The Bertz CT molecular complexity index is 304. The van der Waals surface area contributed by atoms with Crippen molar-refractivity contribution >= 4 is 12.2 Å². The molecule has 148 valence electrons. The standard InChI is InChI=1S/C22H43NO2/c1-3-4-5-6-7-8-9-10-11-12-13-14-15-16-17-18-19-21(20-24)22(25)23-2/h20-21H,3-19H2,1-2H3,(H,23,25). The zero-order valence-electron chi connectivity index (χ0n) is 17.0. The van der Waals surface area contributed by atoms with Crippen molar-refractivity contribution in [3.8, 4) is 0 Å². The molecule has 0 aromatic rings. The Labute approximate surface area is 156 Å². The lowest BCUT2D eigenvalue weighted by Gasteiger charge is -2.08. The van der Waals surface area contributed by atoms with E-state index in [1.165, 1.54) is 89.9 Å². The van der Waals surface area contributed by atoms with E-state index in [2.05, 4.69) is 12.2 Å². The van der Waals surface area contributed by atoms with Gasteiger partial charge in [0.1, 0.15) is 6.29 Å². The number of carbonyl (C=O) groups is 2. The van der Waals surface area contributed by atoms with Crippen LogP contribution in [0.15, 0.2) is 0 Å². The van der Waals surface area contributed by atoms with E-state index in [0.717, 1.165) is 19.1 Å². The summed E-state index contributed by atoms with van der Waals surface area (Å²) in [4.78, 5) is 22.2. The third kappa shape index (κ3) is 16.4. The van der Waals surface area contributed by atoms with Crippen LogP contribution >= 0.6 is 0 Å². The molecular formula is C22H43NO2. The predicted octanol–water partition coefficient (Wildman–Crippen LogP) is 6.20. The van der Waals surface area contributed by atoms with Crippen molar-refractivity contribution in [3.05, 3.63) is 0 Å². The molecule has 0 saturated heterocycles. The Morgan fingerprint density at radius 2 is 1.08 bits per heavy atom. The first kappa shape index (κ1) is 24.1. The van der Waals surface area contributed by atoms with Gasteiger partial charge in [0.25, 0.3) is 0 Å². The van der Waals surface area contributed by atoms with Crippen molar-refractivity contribution < 1.29 is 9.59 Å². The van der Waals surface area contributed by atoms with Crippen LogP contribution < -0.4 is 5.32 Å². The minimum absolute atomic E-state index is 0.143. The first-order valence-corrected chi connectivity index (χ1v) is 10.9. The second-order valence-corrected chi connectivity index (χ2v) is 7.45. The highest BCUT2D eigenvalue weighted by molar-refractivity contribution is 5.91. The number of amides is 1. The molecule has 0 radical (unpaired) electrons. The van der Waals surface area contributed by atoms with Gasteiger partial charge in [-0.1, -0.05) is 110 Å². The molecule has 1 N–H and O–H groups in total. The minimum atomic E-state index is -0.448. The third-order valence-corrected chi connectivity index (χ3v) is 5.12. The first-order valence-electron chi connectivity index (χ1n) is 10.9. The number of unbranched alkanes of at least 4 members (excludes halogenated alkanes) is 15. The zero-order chi connectivity index (χ0) is 18.6. The molecule has 1 atom stereocenters. The molecule has 0 aromatic carbocycles. The van der Waals surface area contributed by atoms with Gasteiger partial charge in [0.15, 0.2) is 0 Å². The van der Waals surface area contributed by atoms with E-state index in [1.807, 2.05) is 0 Å². The number of aldehydes is 1. The van der Waals surface area contributed by atoms with Gasteiger partial charge in [-0.25, -0.2) is 0 Å². The Kier molecular flexibility index (Phi) is 18.8. The molecule has 0 saturated carbocycles. The van der Waals surface area contributed by atoms with Gasteiger partial charge in [-0.3, -0.25) is 4.79 Å². The Morgan fingerprint density at radius 1 is 0.720 bits per heavy atom. The Morgan fingerprint density at radius 3 is 1.40 bits per heavy atom. The maximum absolute atomic E-state index is 11.4. The summed E-state index contributed by atoms with van der Waals surface area (Å²) in [6, 6.07) is 0. The van der Waals surface area contributed by atoms with Crippen molar-refractivity contribution in [2.45, 2.75) is 116 Å². The molecule has 1 unspecified atom stereocenters. The van der Waals surface area contributed by atoms with Gasteiger partial charge < -0.3 is 10.1 Å². The van der Waals surface area contributed by atoms with Crippen LogP contribution in [-0.4, -0.2) is 19.2 Å². The lowest BCUT2D eigenvalue weighted by atomic mass is 10.00. The van der Waals surface area contributed by atoms with Crippen molar-refractivity contribution in [3.63, 3.8) is 0 Å². The average molecular weight is 354 g/mol. The maximum Gasteiger partial charge on any atom is 0.230 e. The molecule has 0 aromatic heterocycles. The van der Waals surface area contributed by atoms with Crippen LogP contribution in [0.5, 0.6) is 0 Å². The van der Waals surface area contributed by atoms with E-state index in [4.69, 9.17) is 0 Å². The molecule has 1 amide bonds. The molecule has 0 fully saturated rings. The van der Waals surface area contributed by atoms with Gasteiger partial charge in [0.2, 0.25) is 5.91 Å². The van der Waals surface area contributed by atoms with Gasteiger partial charge in [-0.2, -0.15) is 0 Å². The summed E-state index contributed by atoms with van der Waals surface area (Å²) >= 11 is 0. The summed E-state index contributed by atoms with van der Waals surface area (Å²) in [5, 5.41) is 2.55. The summed E-state index contributed by atoms with van der Waals surface area (Å²) in [5.41, 5.74) is 0. The van der Waals surface area contributed by atoms with Crippen molar-refractivity contribution in [1.82, 2.24) is 5.32 Å². The summed E-state index contributed by atoms with van der Waals surface area (Å²) in [6.07, 6.45) is 22.9. The van der Waals surface area contributed by atoms with Gasteiger partial charge in [0.05, 0.1) is 5.92 Å². The smallest absolute Gasteiger partial charge is 0.230 e. The quantitative estimate of drug-likeness (QED) is 0.171. The van der Waals surface area contributed by atoms with Crippen molar-refractivity contribution in [2.24, 2.45) is 5.92 Å². The molecule has 0 aliphatic heterocycles. The lowest BCUT2D eigenvalue weighted by molar-refractivity contribution is -0.128. The third-order valence-electron chi connectivity index (χ3n) is 5.12. The van der Waals surface area contributed by atoms with Crippen LogP contribution in [-0.2, 0) is 9.59 Å². The molecule has 0 spiro atoms. The van der Waals surface area contributed by atoms with E-state index >= 15 is 0 Å². The normalized spacial score (nSPS) is 12.1. The van der Waals surface area contributed by atoms with Gasteiger partial charge >= 0.3 is 0 Å². The van der Waals surface area contributed by atoms with Crippen LogP contribution in [0.25, 0.3) is 0 Å². The van der Waals surface area contributed by atoms with Crippen LogP contribution in [0.3, 0.4) is 0 Å². The number of hydrogen-bond acceptors (Lipinski definition) is 2. The summed E-state index contributed by atoms with van der Waals surface area (Å²) < 4.78 is 0. The van der Waals surface area contributed by atoms with E-state index in [1.54, 1.807) is 7.05 Å². The minimum Gasteiger partial charge on any atom is -0.359 e. The Hall–Kier alpha value is -0.860. The summed E-state index contributed by atoms with van der Waals surface area (Å²) in [7, 11) is 1.59. The van der Waals surface area contributed by atoms with E-state index in [-0.39, 0.29) is 5.91 Å². The highest BCUT2D eigenvalue weighted by Crippen LogP contribution is 2.15. The second-order valence-electron chi connectivity index (χ2n) is 7.45. The topological polar surface area (TPSA) is 46.2 Å². The molecule has 0 rings (SSSR count). The maximum atomic E-state index is 11.4. The summed E-state index contributed by atoms with van der Waals surface area (Å²) in [6.45, 7) is 2.27. The molecular weight excluding hydrogens is 310 g/mol. The van der Waals surface area contributed by atoms with E-state index in [0.29, 0.717) is 6.42 Å². The molecule has 0 aliphatic carbocycles. The first-order chi connectivity index (χ1) is 12.3. The number of rotatable bonds is 19. The highest BCUT2D eigenvalue weighted by Gasteiger charge is 2.14. The lowest BCUT2D eigenvalue weighted by Crippen LogP contribution is -2.28. The van der Waals surface area contributed by atoms with Crippen LogP contribution in [0.4, 0.5) is 0 Å². The van der Waals surface area contributed by atoms with Crippen LogP contribution in [0, 0.1) is 5.92 Å². The van der Waals surface area contributed by atoms with Gasteiger partial charge in [0, 0.05) is 7.05 Å². The van der Waals surface area contributed by atoms with Gasteiger partial charge in [-0.05, 0) is 6.42 Å². The van der Waals surface area contributed by atoms with Crippen LogP contribution in [0.2, 0.25) is 0 Å². The number of carbonyl (C=O) groups excluding carboxylic acids is 2. The van der Waals surface area contributed by atoms with E-state index in [9.17, 15) is 9.59 Å². The fourth-order valence-electron chi connectivity index (χ4n) is 3.36. The molecule has 3 nitrogen and oxygen atoms in total. The molecule has 0 aliphatic rings. The van der Waals surface area contributed by atoms with E-state index < -0.39 is 5.92 Å². The average Bonchev–Trinajstić information content (AvgIpc) is 2.64. The predicted molar refractivity (Wildman–Crippen MR) is 108 cm³/mol. The Balaban J connectivity index is 3.19. The zero-order valence-corrected chi connectivity index (χ0v) is 17.0.